The predicted octanol–water partition coefficient (Wildman–Crippen LogP) is 5.88. The number of carboxylic acid groups (broad SMARTS) is 1. The summed E-state index contributed by atoms with van der Waals surface area (Å²) >= 11 is 7.83. The summed E-state index contributed by atoms with van der Waals surface area (Å²) in [6.07, 6.45) is 7.31. The van der Waals surface area contributed by atoms with Crippen molar-refractivity contribution in [1.29, 1.82) is 0 Å². The summed E-state index contributed by atoms with van der Waals surface area (Å²) in [7, 11) is 0. The van der Waals surface area contributed by atoms with Crippen molar-refractivity contribution < 1.29 is 9.90 Å². The lowest BCUT2D eigenvalue weighted by atomic mass is 9.81. The van der Waals surface area contributed by atoms with Crippen LogP contribution in [0.15, 0.2) is 47.5 Å². The first-order valence-corrected chi connectivity index (χ1v) is 10.4. The van der Waals surface area contributed by atoms with Gasteiger partial charge in [0.1, 0.15) is 0 Å². The van der Waals surface area contributed by atoms with Crippen molar-refractivity contribution in [3.8, 4) is 11.1 Å². The van der Waals surface area contributed by atoms with Crippen LogP contribution in [0.2, 0.25) is 5.02 Å². The highest BCUT2D eigenvalue weighted by Gasteiger charge is 2.31. The second-order valence-electron chi connectivity index (χ2n) is 6.72. The van der Waals surface area contributed by atoms with Gasteiger partial charge in [-0.2, -0.15) is 0 Å². The maximum Gasteiger partial charge on any atom is 0.303 e. The number of nitrogens with zero attached hydrogens (tertiary/aromatic N) is 1. The predicted molar refractivity (Wildman–Crippen MR) is 108 cm³/mol. The first-order chi connectivity index (χ1) is 12.6. The van der Waals surface area contributed by atoms with Crippen molar-refractivity contribution >= 4 is 34.8 Å². The number of hydrogen-bond acceptors (Lipinski definition) is 2. The molecule has 0 saturated heterocycles. The molecule has 1 aliphatic rings. The van der Waals surface area contributed by atoms with Gasteiger partial charge < -0.3 is 9.51 Å². The second-order valence-corrected chi connectivity index (χ2v) is 8.01. The lowest BCUT2D eigenvalue weighted by molar-refractivity contribution is -0.137. The minimum Gasteiger partial charge on any atom is -0.481 e. The van der Waals surface area contributed by atoms with Gasteiger partial charge in [0.15, 0.2) is 0 Å². The Bertz CT molecular complexity index is 978. The molecule has 0 bridgehead atoms. The Morgan fingerprint density at radius 1 is 1.31 bits per heavy atom. The molecule has 0 aliphatic heterocycles. The van der Waals surface area contributed by atoms with E-state index in [0.717, 1.165) is 24.8 Å². The Hall–Kier alpha value is -1.91. The van der Waals surface area contributed by atoms with Gasteiger partial charge in [-0.25, -0.2) is 0 Å². The van der Waals surface area contributed by atoms with E-state index in [9.17, 15) is 9.90 Å². The Morgan fingerprint density at radius 2 is 2.08 bits per heavy atom. The molecule has 1 atom stereocenters. The number of aromatic nitrogens is 1. The zero-order chi connectivity index (χ0) is 18.3. The van der Waals surface area contributed by atoms with Crippen molar-refractivity contribution in [2.24, 2.45) is 0 Å². The molecule has 0 spiro atoms. The number of pyridine rings is 1. The van der Waals surface area contributed by atoms with E-state index in [-0.39, 0.29) is 12.3 Å². The van der Waals surface area contributed by atoms with Gasteiger partial charge in [0.25, 0.3) is 0 Å². The van der Waals surface area contributed by atoms with E-state index < -0.39 is 5.97 Å². The maximum atomic E-state index is 11.5. The molecular formula is C21H20ClNO2S. The summed E-state index contributed by atoms with van der Waals surface area (Å²) in [6, 6.07) is 12.1. The Kier molecular flexibility index (Phi) is 4.72. The van der Waals surface area contributed by atoms with Gasteiger partial charge in [0.2, 0.25) is 0 Å². The monoisotopic (exact) mass is 385 g/mol. The largest absolute Gasteiger partial charge is 0.481 e. The molecule has 3 nitrogen and oxygen atoms in total. The lowest BCUT2D eigenvalue weighted by Crippen LogP contribution is -2.14. The van der Waals surface area contributed by atoms with E-state index in [0.29, 0.717) is 5.02 Å². The molecule has 5 heteroatoms. The quantitative estimate of drug-likeness (QED) is 0.570. The molecule has 1 aliphatic carbocycles. The molecule has 26 heavy (non-hydrogen) atoms. The van der Waals surface area contributed by atoms with Gasteiger partial charge in [-0.1, -0.05) is 23.7 Å². The minimum atomic E-state index is -0.731. The van der Waals surface area contributed by atoms with Crippen LogP contribution in [-0.4, -0.2) is 21.7 Å². The summed E-state index contributed by atoms with van der Waals surface area (Å²) < 4.78 is 2.28. The highest BCUT2D eigenvalue weighted by molar-refractivity contribution is 7.98. The zero-order valence-corrected chi connectivity index (χ0v) is 16.1. The second kappa shape index (κ2) is 7.01. The van der Waals surface area contributed by atoms with E-state index in [1.807, 2.05) is 24.3 Å². The van der Waals surface area contributed by atoms with E-state index in [2.05, 4.69) is 29.0 Å². The number of thioether (sulfide) groups is 1. The highest BCUT2D eigenvalue weighted by Crippen LogP contribution is 2.46. The van der Waals surface area contributed by atoms with Crippen LogP contribution >= 0.6 is 23.4 Å². The van der Waals surface area contributed by atoms with Crippen LogP contribution < -0.4 is 0 Å². The van der Waals surface area contributed by atoms with Gasteiger partial charge >= 0.3 is 5.97 Å². The number of aryl methyl sites for hydroxylation is 1. The van der Waals surface area contributed by atoms with E-state index >= 15 is 0 Å². The molecule has 2 heterocycles. The topological polar surface area (TPSA) is 41.7 Å². The average molecular weight is 386 g/mol. The number of halogens is 1. The zero-order valence-electron chi connectivity index (χ0n) is 14.5. The molecule has 1 unspecified atom stereocenters. The molecule has 3 aromatic rings. The van der Waals surface area contributed by atoms with E-state index in [4.69, 9.17) is 11.6 Å². The normalized spacial score (nSPS) is 16.6. The van der Waals surface area contributed by atoms with Gasteiger partial charge in [0, 0.05) is 27.4 Å². The smallest absolute Gasteiger partial charge is 0.303 e. The summed E-state index contributed by atoms with van der Waals surface area (Å²) in [4.78, 5) is 12.7. The van der Waals surface area contributed by atoms with Crippen LogP contribution in [0.3, 0.4) is 0 Å². The fraction of sp³-hybridized carbons (Fsp3) is 0.286. The third kappa shape index (κ3) is 2.91. The lowest BCUT2D eigenvalue weighted by Gasteiger charge is -2.23. The molecule has 0 saturated carbocycles. The number of benzene rings is 1. The Morgan fingerprint density at radius 3 is 2.77 bits per heavy atom. The van der Waals surface area contributed by atoms with Crippen LogP contribution in [0.1, 0.15) is 36.4 Å². The fourth-order valence-corrected chi connectivity index (χ4v) is 4.94. The number of aliphatic carboxylic acids is 1. The van der Waals surface area contributed by atoms with Crippen LogP contribution in [0.25, 0.3) is 16.6 Å². The fourth-order valence-electron chi connectivity index (χ4n) is 4.20. The number of carbonyl (C=O) groups is 1. The highest BCUT2D eigenvalue weighted by atomic mass is 35.5. The molecule has 1 N–H and O–H groups in total. The van der Waals surface area contributed by atoms with Gasteiger partial charge in [-0.15, -0.1) is 11.8 Å². The molecule has 134 valence electrons. The first kappa shape index (κ1) is 17.5. The van der Waals surface area contributed by atoms with Crippen molar-refractivity contribution in [3.63, 3.8) is 0 Å². The molecular weight excluding hydrogens is 366 g/mol. The molecule has 0 radical (unpaired) electrons. The number of fused-ring (bicyclic) bond motifs is 3. The third-order valence-electron chi connectivity index (χ3n) is 5.21. The molecule has 0 amide bonds. The van der Waals surface area contributed by atoms with Gasteiger partial charge in [-0.05, 0) is 66.8 Å². The van der Waals surface area contributed by atoms with Crippen molar-refractivity contribution in [3.05, 3.63) is 58.9 Å². The molecule has 0 fully saturated rings. The summed E-state index contributed by atoms with van der Waals surface area (Å²) in [6.45, 7) is 0. The first-order valence-electron chi connectivity index (χ1n) is 8.77. The average Bonchev–Trinajstić information content (AvgIpc) is 2.98. The van der Waals surface area contributed by atoms with Crippen molar-refractivity contribution in [1.82, 2.24) is 4.40 Å². The Balaban J connectivity index is 2.06. The van der Waals surface area contributed by atoms with Crippen LogP contribution in [0.4, 0.5) is 0 Å². The van der Waals surface area contributed by atoms with Gasteiger partial charge in [0.05, 0.1) is 11.9 Å². The maximum absolute atomic E-state index is 11.5. The number of carboxylic acids is 1. The molecule has 4 rings (SSSR count). The van der Waals surface area contributed by atoms with Crippen LogP contribution in [-0.2, 0) is 11.2 Å². The summed E-state index contributed by atoms with van der Waals surface area (Å²) in [5, 5.41) is 10.1. The van der Waals surface area contributed by atoms with Crippen molar-refractivity contribution in [2.45, 2.75) is 36.5 Å². The molecule has 1 aromatic carbocycles. The van der Waals surface area contributed by atoms with Crippen LogP contribution in [0.5, 0.6) is 0 Å². The van der Waals surface area contributed by atoms with Crippen LogP contribution in [0, 0.1) is 0 Å². The van der Waals surface area contributed by atoms with Crippen molar-refractivity contribution in [2.75, 3.05) is 6.26 Å². The summed E-state index contributed by atoms with van der Waals surface area (Å²) in [5.41, 5.74) is 5.94. The Labute approximate surface area is 162 Å². The third-order valence-corrected chi connectivity index (χ3v) is 6.23. The number of rotatable bonds is 4. The van der Waals surface area contributed by atoms with E-state index in [1.165, 1.54) is 27.2 Å². The SMILES string of the molecule is CSc1cccn2c3c(c(-c4ccc(Cl)cc4)c12)C(CC(=O)O)CCC3. The van der Waals surface area contributed by atoms with Gasteiger partial charge in [-0.3, -0.25) is 4.79 Å². The summed E-state index contributed by atoms with van der Waals surface area (Å²) in [5.74, 6) is -0.679. The molecule has 2 aromatic heterocycles. The standard InChI is InChI=1S/C21H20ClNO2S/c1-26-17-6-3-11-23-16-5-2-4-14(12-18(24)25)19(16)20(21(17)23)13-7-9-15(22)10-8-13/h3,6-11,14H,2,4-5,12H2,1H3,(H,24,25). The minimum absolute atomic E-state index is 0.0523. The van der Waals surface area contributed by atoms with E-state index in [1.54, 1.807) is 11.8 Å². The number of hydrogen-bond donors (Lipinski definition) is 1.